The zero-order valence-electron chi connectivity index (χ0n) is 11.1. The van der Waals surface area contributed by atoms with Gasteiger partial charge in [-0.25, -0.2) is 0 Å². The fourth-order valence-corrected chi connectivity index (χ4v) is 2.93. The summed E-state index contributed by atoms with van der Waals surface area (Å²) in [5, 5.41) is 10.6. The van der Waals surface area contributed by atoms with Crippen molar-refractivity contribution in [3.8, 4) is 0 Å². The molecule has 1 fully saturated rings. The van der Waals surface area contributed by atoms with E-state index in [1.54, 1.807) is 12.1 Å². The van der Waals surface area contributed by atoms with Crippen molar-refractivity contribution < 1.29 is 9.41 Å². The van der Waals surface area contributed by atoms with Crippen LogP contribution in [0, 0.1) is 10.1 Å². The molecule has 1 saturated carbocycles. The average molecular weight is 249 g/mol. The maximum absolute atomic E-state index is 10.6. The summed E-state index contributed by atoms with van der Waals surface area (Å²) in [5.41, 5.74) is 1.35. The number of rotatable bonds is 4. The number of nitro groups is 1. The molecule has 0 aromatic heterocycles. The van der Waals surface area contributed by atoms with Crippen LogP contribution in [-0.2, 0) is 6.54 Å². The van der Waals surface area contributed by atoms with Gasteiger partial charge >= 0.3 is 0 Å². The third-order valence-electron chi connectivity index (χ3n) is 4.05. The van der Waals surface area contributed by atoms with E-state index in [1.165, 1.54) is 31.2 Å². The van der Waals surface area contributed by atoms with Gasteiger partial charge in [0.2, 0.25) is 0 Å². The molecule has 0 aliphatic heterocycles. The minimum Gasteiger partial charge on any atom is -0.322 e. The predicted molar refractivity (Wildman–Crippen MR) is 71.2 cm³/mol. The van der Waals surface area contributed by atoms with Crippen LogP contribution in [0.2, 0.25) is 0 Å². The Bertz CT molecular complexity index is 420. The van der Waals surface area contributed by atoms with E-state index in [2.05, 4.69) is 14.1 Å². The highest BCUT2D eigenvalue weighted by atomic mass is 16.6. The molecule has 0 N–H and O–H groups in total. The first kappa shape index (κ1) is 13.0. The third kappa shape index (κ3) is 2.88. The molecule has 0 bridgehead atoms. The van der Waals surface area contributed by atoms with E-state index in [4.69, 9.17) is 0 Å². The van der Waals surface area contributed by atoms with Gasteiger partial charge in [0.25, 0.3) is 5.69 Å². The van der Waals surface area contributed by atoms with Crippen LogP contribution >= 0.6 is 0 Å². The summed E-state index contributed by atoms with van der Waals surface area (Å²) < 4.78 is 0.984. The van der Waals surface area contributed by atoms with Crippen molar-refractivity contribution in [2.24, 2.45) is 0 Å². The lowest BCUT2D eigenvalue weighted by Crippen LogP contribution is -2.46. The number of nitro benzene ring substituents is 1. The van der Waals surface area contributed by atoms with E-state index in [0.717, 1.165) is 17.1 Å². The van der Waals surface area contributed by atoms with E-state index >= 15 is 0 Å². The van der Waals surface area contributed by atoms with E-state index in [9.17, 15) is 10.1 Å². The Morgan fingerprint density at radius 3 is 2.28 bits per heavy atom. The molecule has 98 valence electrons. The van der Waals surface area contributed by atoms with Gasteiger partial charge in [-0.1, -0.05) is 0 Å². The lowest BCUT2D eigenvalue weighted by Gasteiger charge is -2.36. The molecule has 0 amide bonds. The molecule has 1 aromatic carbocycles. The van der Waals surface area contributed by atoms with Crippen molar-refractivity contribution in [3.05, 3.63) is 39.9 Å². The van der Waals surface area contributed by atoms with Crippen LogP contribution in [0.4, 0.5) is 5.69 Å². The molecule has 1 aromatic rings. The molecule has 1 aliphatic rings. The monoisotopic (exact) mass is 249 g/mol. The van der Waals surface area contributed by atoms with E-state index in [1.807, 2.05) is 12.1 Å². The average Bonchev–Trinajstić information content (AvgIpc) is 2.83. The molecule has 2 rings (SSSR count). The lowest BCUT2D eigenvalue weighted by molar-refractivity contribution is -0.927. The summed E-state index contributed by atoms with van der Waals surface area (Å²) in [6.45, 7) is 0.947. The summed E-state index contributed by atoms with van der Waals surface area (Å²) in [4.78, 5) is 10.3. The van der Waals surface area contributed by atoms with Crippen LogP contribution in [0.3, 0.4) is 0 Å². The number of non-ortho nitro benzene ring substituents is 1. The standard InChI is InChI=1S/C14H21N2O2/c1-16(2,14-5-3-4-6-14)11-12-7-9-13(10-8-12)15(17)18/h7-10,14H,3-6,11H2,1-2H3/q+1. The number of quaternary nitrogens is 1. The minimum absolute atomic E-state index is 0.171. The fourth-order valence-electron chi connectivity index (χ4n) is 2.93. The van der Waals surface area contributed by atoms with Crippen LogP contribution in [0.25, 0.3) is 0 Å². The van der Waals surface area contributed by atoms with Gasteiger partial charge in [0, 0.05) is 17.7 Å². The van der Waals surface area contributed by atoms with Crippen molar-refractivity contribution >= 4 is 5.69 Å². The van der Waals surface area contributed by atoms with Gasteiger partial charge in [-0.15, -0.1) is 0 Å². The summed E-state index contributed by atoms with van der Waals surface area (Å²) in [7, 11) is 4.52. The van der Waals surface area contributed by atoms with Gasteiger partial charge in [-0.05, 0) is 37.8 Å². The second kappa shape index (κ2) is 5.06. The highest BCUT2D eigenvalue weighted by Gasteiger charge is 2.31. The Hall–Kier alpha value is -1.42. The summed E-state index contributed by atoms with van der Waals surface area (Å²) in [5.74, 6) is 0. The van der Waals surface area contributed by atoms with Crippen LogP contribution in [0.15, 0.2) is 24.3 Å². The van der Waals surface area contributed by atoms with Gasteiger partial charge in [0.05, 0.1) is 25.1 Å². The first-order valence-corrected chi connectivity index (χ1v) is 6.55. The summed E-state index contributed by atoms with van der Waals surface area (Å²) >= 11 is 0. The Morgan fingerprint density at radius 2 is 1.78 bits per heavy atom. The third-order valence-corrected chi connectivity index (χ3v) is 4.05. The van der Waals surface area contributed by atoms with E-state index in [-0.39, 0.29) is 10.6 Å². The zero-order chi connectivity index (χ0) is 13.2. The second-order valence-electron chi connectivity index (χ2n) is 5.80. The zero-order valence-corrected chi connectivity index (χ0v) is 11.1. The topological polar surface area (TPSA) is 43.1 Å². The van der Waals surface area contributed by atoms with Gasteiger partial charge in [0.1, 0.15) is 6.54 Å². The molecule has 0 saturated heterocycles. The van der Waals surface area contributed by atoms with Gasteiger partial charge in [0.15, 0.2) is 0 Å². The molecular weight excluding hydrogens is 228 g/mol. The van der Waals surface area contributed by atoms with Crippen molar-refractivity contribution in [2.75, 3.05) is 14.1 Å². The van der Waals surface area contributed by atoms with Gasteiger partial charge in [-0.2, -0.15) is 0 Å². The van der Waals surface area contributed by atoms with Crippen LogP contribution in [0.1, 0.15) is 31.2 Å². The smallest absolute Gasteiger partial charge is 0.269 e. The fraction of sp³-hybridized carbons (Fsp3) is 0.571. The highest BCUT2D eigenvalue weighted by Crippen LogP contribution is 2.28. The number of benzene rings is 1. The minimum atomic E-state index is -0.346. The molecule has 1 aliphatic carbocycles. The van der Waals surface area contributed by atoms with Crippen LogP contribution in [-0.4, -0.2) is 29.5 Å². The summed E-state index contributed by atoms with van der Waals surface area (Å²) in [6, 6.07) is 7.70. The molecule has 18 heavy (non-hydrogen) atoms. The first-order valence-electron chi connectivity index (χ1n) is 6.55. The number of nitrogens with zero attached hydrogens (tertiary/aromatic N) is 2. The Morgan fingerprint density at radius 1 is 1.22 bits per heavy atom. The highest BCUT2D eigenvalue weighted by molar-refractivity contribution is 5.32. The lowest BCUT2D eigenvalue weighted by atomic mass is 10.1. The quantitative estimate of drug-likeness (QED) is 0.467. The normalized spacial score (nSPS) is 17.0. The van der Waals surface area contributed by atoms with Crippen molar-refractivity contribution in [1.82, 2.24) is 0 Å². The van der Waals surface area contributed by atoms with Gasteiger partial charge in [-0.3, -0.25) is 10.1 Å². The molecule has 0 radical (unpaired) electrons. The van der Waals surface area contributed by atoms with Crippen molar-refractivity contribution in [3.63, 3.8) is 0 Å². The molecular formula is C14H21N2O2+. The molecule has 4 heteroatoms. The summed E-state index contributed by atoms with van der Waals surface area (Å²) in [6.07, 6.45) is 5.29. The molecule has 0 unspecified atom stereocenters. The number of hydrogen-bond acceptors (Lipinski definition) is 2. The second-order valence-corrected chi connectivity index (χ2v) is 5.80. The van der Waals surface area contributed by atoms with E-state index in [0.29, 0.717) is 0 Å². The molecule has 0 atom stereocenters. The molecule has 4 nitrogen and oxygen atoms in total. The molecule has 0 spiro atoms. The molecule has 0 heterocycles. The number of hydrogen-bond donors (Lipinski definition) is 0. The van der Waals surface area contributed by atoms with Crippen LogP contribution in [0.5, 0.6) is 0 Å². The van der Waals surface area contributed by atoms with Crippen molar-refractivity contribution in [2.45, 2.75) is 38.3 Å². The van der Waals surface area contributed by atoms with Gasteiger partial charge < -0.3 is 4.48 Å². The maximum atomic E-state index is 10.6. The SMILES string of the molecule is C[N+](C)(Cc1ccc([N+](=O)[O-])cc1)C1CCCC1. The van der Waals surface area contributed by atoms with Crippen LogP contribution < -0.4 is 0 Å². The Kier molecular flexibility index (Phi) is 3.66. The largest absolute Gasteiger partial charge is 0.322 e. The Labute approximate surface area is 108 Å². The van der Waals surface area contributed by atoms with E-state index < -0.39 is 0 Å². The Balaban J connectivity index is 2.06. The maximum Gasteiger partial charge on any atom is 0.269 e. The van der Waals surface area contributed by atoms with Crippen molar-refractivity contribution in [1.29, 1.82) is 0 Å². The first-order chi connectivity index (χ1) is 8.49. The predicted octanol–water partition coefficient (Wildman–Crippen LogP) is 3.11.